The quantitative estimate of drug-likeness (QED) is 0.714. The molecule has 4 rings (SSSR count). The summed E-state index contributed by atoms with van der Waals surface area (Å²) in [4.78, 5) is 33.5. The van der Waals surface area contributed by atoms with Gasteiger partial charge in [0.1, 0.15) is 23.6 Å². The van der Waals surface area contributed by atoms with Crippen LogP contribution in [-0.2, 0) is 14.3 Å². The first-order valence-electron chi connectivity index (χ1n) is 10.1. The predicted octanol–water partition coefficient (Wildman–Crippen LogP) is 1.37. The summed E-state index contributed by atoms with van der Waals surface area (Å²) in [5, 5.41) is 0. The molecule has 0 radical (unpaired) electrons. The second kappa shape index (κ2) is 9.58. The maximum absolute atomic E-state index is 13.2. The number of nitrogens with zero attached hydrogens (tertiary/aromatic N) is 3. The van der Waals surface area contributed by atoms with E-state index in [4.69, 9.17) is 14.2 Å². The number of hydrogen-bond donors (Lipinski definition) is 0. The van der Waals surface area contributed by atoms with E-state index in [1.165, 1.54) is 0 Å². The van der Waals surface area contributed by atoms with Crippen LogP contribution in [0, 0.1) is 0 Å². The Balaban J connectivity index is 1.45. The lowest BCUT2D eigenvalue weighted by molar-refractivity contribution is -0.147. The van der Waals surface area contributed by atoms with Crippen molar-refractivity contribution in [1.29, 1.82) is 0 Å². The van der Waals surface area contributed by atoms with E-state index in [2.05, 4.69) is 4.98 Å². The van der Waals surface area contributed by atoms with Crippen molar-refractivity contribution in [2.75, 3.05) is 39.5 Å². The SMILES string of the molecule is O=C([C@@H]1C[C@H](Oc2cccnc2)CN1C(=O)COc1ccccc1)N1CCOCC1. The zero-order chi connectivity index (χ0) is 20.8. The van der Waals surface area contributed by atoms with Gasteiger partial charge < -0.3 is 24.0 Å². The number of carbonyl (C=O) groups is 2. The molecule has 3 heterocycles. The average Bonchev–Trinajstić information content (AvgIpc) is 3.22. The highest BCUT2D eigenvalue weighted by Crippen LogP contribution is 2.25. The molecule has 0 unspecified atom stereocenters. The Morgan fingerprint density at radius 1 is 1.07 bits per heavy atom. The van der Waals surface area contributed by atoms with Crippen molar-refractivity contribution in [2.45, 2.75) is 18.6 Å². The first-order valence-corrected chi connectivity index (χ1v) is 10.1. The lowest BCUT2D eigenvalue weighted by Gasteiger charge is -2.32. The highest BCUT2D eigenvalue weighted by Gasteiger charge is 2.42. The second-order valence-electron chi connectivity index (χ2n) is 7.27. The zero-order valence-electron chi connectivity index (χ0n) is 16.7. The van der Waals surface area contributed by atoms with Gasteiger partial charge in [-0.05, 0) is 24.3 Å². The minimum Gasteiger partial charge on any atom is -0.487 e. The fourth-order valence-electron chi connectivity index (χ4n) is 3.74. The molecule has 2 fully saturated rings. The number of rotatable bonds is 6. The smallest absolute Gasteiger partial charge is 0.261 e. The van der Waals surface area contributed by atoms with E-state index in [0.29, 0.717) is 50.8 Å². The van der Waals surface area contributed by atoms with E-state index in [1.54, 1.807) is 40.4 Å². The van der Waals surface area contributed by atoms with Crippen LogP contribution < -0.4 is 9.47 Å². The van der Waals surface area contributed by atoms with Gasteiger partial charge in [-0.15, -0.1) is 0 Å². The van der Waals surface area contributed by atoms with Crippen molar-refractivity contribution in [3.63, 3.8) is 0 Å². The summed E-state index contributed by atoms with van der Waals surface area (Å²) in [6, 6.07) is 12.2. The lowest BCUT2D eigenvalue weighted by atomic mass is 10.1. The van der Waals surface area contributed by atoms with E-state index in [9.17, 15) is 9.59 Å². The van der Waals surface area contributed by atoms with Crippen LogP contribution in [0.15, 0.2) is 54.9 Å². The Kier molecular flexibility index (Phi) is 6.44. The number of aromatic nitrogens is 1. The van der Waals surface area contributed by atoms with Crippen LogP contribution in [0.5, 0.6) is 11.5 Å². The van der Waals surface area contributed by atoms with Crippen LogP contribution in [0.4, 0.5) is 0 Å². The third-order valence-electron chi connectivity index (χ3n) is 5.23. The van der Waals surface area contributed by atoms with E-state index in [1.807, 2.05) is 24.3 Å². The van der Waals surface area contributed by atoms with Gasteiger partial charge in [0.25, 0.3) is 5.91 Å². The summed E-state index contributed by atoms with van der Waals surface area (Å²) in [5.74, 6) is 0.936. The third kappa shape index (κ3) is 4.88. The molecule has 1 aromatic heterocycles. The van der Waals surface area contributed by atoms with Gasteiger partial charge in [0.15, 0.2) is 6.61 Å². The van der Waals surface area contributed by atoms with Crippen molar-refractivity contribution in [3.8, 4) is 11.5 Å². The molecule has 0 bridgehead atoms. The van der Waals surface area contributed by atoms with Crippen LogP contribution in [0.1, 0.15) is 6.42 Å². The molecular formula is C22H25N3O5. The molecule has 2 saturated heterocycles. The fraction of sp³-hybridized carbons (Fsp3) is 0.409. The molecule has 2 aromatic rings. The monoisotopic (exact) mass is 411 g/mol. The first kappa shape index (κ1) is 20.2. The first-order chi connectivity index (χ1) is 14.7. The van der Waals surface area contributed by atoms with Gasteiger partial charge in [-0.1, -0.05) is 18.2 Å². The lowest BCUT2D eigenvalue weighted by Crippen LogP contribution is -2.51. The molecule has 1 aromatic carbocycles. The van der Waals surface area contributed by atoms with Gasteiger partial charge in [0, 0.05) is 25.7 Å². The molecule has 0 spiro atoms. The molecule has 8 heteroatoms. The Morgan fingerprint density at radius 2 is 1.83 bits per heavy atom. The number of hydrogen-bond acceptors (Lipinski definition) is 6. The van der Waals surface area contributed by atoms with Crippen molar-refractivity contribution in [1.82, 2.24) is 14.8 Å². The molecule has 8 nitrogen and oxygen atoms in total. The number of amides is 2. The maximum Gasteiger partial charge on any atom is 0.261 e. The number of ether oxygens (including phenoxy) is 3. The van der Waals surface area contributed by atoms with Crippen LogP contribution in [0.25, 0.3) is 0 Å². The standard InChI is InChI=1S/C22H25N3O5/c26-21(16-29-17-5-2-1-3-6-17)25-15-19(30-18-7-4-8-23-14-18)13-20(25)22(27)24-9-11-28-12-10-24/h1-8,14,19-20H,9-13,15-16H2/t19-,20-/m0/s1. The number of morpholine rings is 1. The van der Waals surface area contributed by atoms with Gasteiger partial charge in [-0.2, -0.15) is 0 Å². The molecular weight excluding hydrogens is 386 g/mol. The van der Waals surface area contributed by atoms with Gasteiger partial charge in [0.2, 0.25) is 5.91 Å². The number of pyridine rings is 1. The minimum atomic E-state index is -0.573. The molecule has 0 saturated carbocycles. The highest BCUT2D eigenvalue weighted by atomic mass is 16.5. The van der Waals surface area contributed by atoms with Crippen LogP contribution >= 0.6 is 0 Å². The van der Waals surface area contributed by atoms with E-state index in [-0.39, 0.29) is 24.5 Å². The highest BCUT2D eigenvalue weighted by molar-refractivity contribution is 5.89. The molecule has 158 valence electrons. The van der Waals surface area contributed by atoms with Crippen molar-refractivity contribution in [2.24, 2.45) is 0 Å². The Hall–Kier alpha value is -3.13. The van der Waals surface area contributed by atoms with Gasteiger partial charge >= 0.3 is 0 Å². The molecule has 2 aliphatic heterocycles. The molecule has 30 heavy (non-hydrogen) atoms. The summed E-state index contributed by atoms with van der Waals surface area (Å²) in [7, 11) is 0. The van der Waals surface area contributed by atoms with Crippen molar-refractivity contribution in [3.05, 3.63) is 54.9 Å². The second-order valence-corrected chi connectivity index (χ2v) is 7.27. The molecule has 2 atom stereocenters. The Morgan fingerprint density at radius 3 is 2.57 bits per heavy atom. The molecule has 0 N–H and O–H groups in total. The van der Waals surface area contributed by atoms with Crippen LogP contribution in [0.3, 0.4) is 0 Å². The molecule has 2 amide bonds. The zero-order valence-corrected chi connectivity index (χ0v) is 16.7. The Labute approximate surface area is 175 Å². The average molecular weight is 411 g/mol. The van der Waals surface area contributed by atoms with Gasteiger partial charge in [-0.25, -0.2) is 0 Å². The number of carbonyl (C=O) groups excluding carboxylic acids is 2. The number of benzene rings is 1. The number of para-hydroxylation sites is 1. The summed E-state index contributed by atoms with van der Waals surface area (Å²) < 4.78 is 17.0. The fourth-order valence-corrected chi connectivity index (χ4v) is 3.74. The van der Waals surface area contributed by atoms with Crippen LogP contribution in [-0.4, -0.2) is 78.2 Å². The predicted molar refractivity (Wildman–Crippen MR) is 108 cm³/mol. The summed E-state index contributed by atoms with van der Waals surface area (Å²) >= 11 is 0. The molecule has 0 aliphatic carbocycles. The minimum absolute atomic E-state index is 0.0661. The maximum atomic E-state index is 13.2. The van der Waals surface area contributed by atoms with Gasteiger partial charge in [-0.3, -0.25) is 14.6 Å². The van der Waals surface area contributed by atoms with Gasteiger partial charge in [0.05, 0.1) is 26.0 Å². The normalized spacial score (nSPS) is 21.3. The largest absolute Gasteiger partial charge is 0.487 e. The van der Waals surface area contributed by atoms with E-state index >= 15 is 0 Å². The van der Waals surface area contributed by atoms with E-state index in [0.717, 1.165) is 0 Å². The van der Waals surface area contributed by atoms with Crippen molar-refractivity contribution < 1.29 is 23.8 Å². The Bertz CT molecular complexity index is 842. The van der Waals surface area contributed by atoms with Crippen molar-refractivity contribution >= 4 is 11.8 Å². The molecule has 2 aliphatic rings. The topological polar surface area (TPSA) is 81.2 Å². The number of likely N-dealkylation sites (tertiary alicyclic amines) is 1. The van der Waals surface area contributed by atoms with Crippen LogP contribution in [0.2, 0.25) is 0 Å². The van der Waals surface area contributed by atoms with E-state index < -0.39 is 6.04 Å². The summed E-state index contributed by atoms with van der Waals surface area (Å²) in [6.07, 6.45) is 3.44. The third-order valence-corrected chi connectivity index (χ3v) is 5.23. The summed E-state index contributed by atoms with van der Waals surface area (Å²) in [5.41, 5.74) is 0. The summed E-state index contributed by atoms with van der Waals surface area (Å²) in [6.45, 7) is 2.29.